The topological polar surface area (TPSA) is 68.8 Å². The van der Waals surface area contributed by atoms with Gasteiger partial charge in [0.05, 0.1) is 0 Å². The summed E-state index contributed by atoms with van der Waals surface area (Å²) in [7, 11) is -3.56. The molecule has 0 atom stereocenters. The van der Waals surface area contributed by atoms with Gasteiger partial charge in [0.1, 0.15) is 0 Å². The molecule has 0 aliphatic heterocycles. The second-order valence-corrected chi connectivity index (χ2v) is 9.57. The Kier molecular flexibility index (Phi) is 6.09. The molecule has 136 valence electrons. The summed E-state index contributed by atoms with van der Waals surface area (Å²) in [6.45, 7) is 5.91. The second-order valence-electron chi connectivity index (χ2n) is 6.55. The van der Waals surface area contributed by atoms with E-state index in [4.69, 9.17) is 0 Å². The van der Waals surface area contributed by atoms with Crippen LogP contribution in [0.3, 0.4) is 0 Å². The molecule has 0 heterocycles. The smallest absolute Gasteiger partial charge is 0.412 e. The largest absolute Gasteiger partial charge is 0.412 e. The van der Waals surface area contributed by atoms with E-state index in [2.05, 4.69) is 0 Å². The average Bonchev–Trinajstić information content (AvgIpc) is 2.61. The van der Waals surface area contributed by atoms with Gasteiger partial charge in [-0.25, -0.2) is 0 Å². The Morgan fingerprint density at radius 2 is 1.15 bits per heavy atom. The summed E-state index contributed by atoms with van der Waals surface area (Å²) < 4.78 is 0. The molecule has 0 saturated heterocycles. The molecule has 3 aromatic rings. The molecular weight excluding hydrogens is 343 g/mol. The van der Waals surface area contributed by atoms with E-state index in [-0.39, 0.29) is 11.0 Å². The minimum atomic E-state index is -3.56. The molecule has 0 amide bonds. The number of carbonyl (C=O) groups is 1. The summed E-state index contributed by atoms with van der Waals surface area (Å²) in [6, 6.07) is 22.7. The van der Waals surface area contributed by atoms with Crippen LogP contribution in [0.1, 0.15) is 27.0 Å². The first kappa shape index (κ1) is 20.0. The van der Waals surface area contributed by atoms with Gasteiger partial charge in [-0.1, -0.05) is 0 Å². The van der Waals surface area contributed by atoms with E-state index in [0.29, 0.717) is 16.2 Å². The van der Waals surface area contributed by atoms with Crippen LogP contribution in [0.5, 0.6) is 0 Å². The van der Waals surface area contributed by atoms with Crippen molar-refractivity contribution in [1.82, 2.24) is 0 Å². The van der Waals surface area contributed by atoms with Crippen molar-refractivity contribution >= 4 is 23.6 Å². The van der Waals surface area contributed by atoms with E-state index < -0.39 is 7.49 Å². The quantitative estimate of drug-likeness (QED) is 0.719. The van der Waals surface area contributed by atoms with Gasteiger partial charge < -0.3 is 5.48 Å². The zero-order chi connectivity index (χ0) is 18.0. The molecule has 4 heteroatoms. The van der Waals surface area contributed by atoms with Crippen molar-refractivity contribution in [3.63, 3.8) is 0 Å². The van der Waals surface area contributed by atoms with Crippen molar-refractivity contribution in [3.05, 3.63) is 95.1 Å². The maximum Gasteiger partial charge on any atom is -0.412 e. The van der Waals surface area contributed by atoms with Gasteiger partial charge in [-0.3, -0.25) is 0 Å². The van der Waals surface area contributed by atoms with Crippen LogP contribution >= 0.6 is 7.49 Å². The van der Waals surface area contributed by atoms with Gasteiger partial charge >= 0.3 is 149 Å². The predicted octanol–water partition coefficient (Wildman–Crippen LogP) is 3.24. The minimum Gasteiger partial charge on any atom is -0.412 e. The molecule has 3 N–H and O–H groups in total. The molecule has 0 bridgehead atoms. The van der Waals surface area contributed by atoms with E-state index in [1.54, 1.807) is 0 Å². The van der Waals surface area contributed by atoms with Crippen molar-refractivity contribution in [2.24, 2.45) is 0 Å². The third kappa shape index (κ3) is 3.47. The fraction of sp³-hybridized carbons (Fsp3) is 0.136. The molecule has 0 spiro atoms. The van der Waals surface area contributed by atoms with E-state index >= 15 is 0 Å². The fourth-order valence-corrected chi connectivity index (χ4v) is 6.47. The third-order valence-electron chi connectivity index (χ3n) is 4.62. The average molecular weight is 368 g/mol. The van der Waals surface area contributed by atoms with Gasteiger partial charge in [0, 0.05) is 0 Å². The van der Waals surface area contributed by atoms with Crippen LogP contribution in [-0.4, -0.2) is 15.9 Å². The molecular formula is C22H25O3P. The van der Waals surface area contributed by atoms with Gasteiger partial charge in [0.15, 0.2) is 0 Å². The Bertz CT molecular complexity index is 843. The van der Waals surface area contributed by atoms with Crippen molar-refractivity contribution in [2.45, 2.75) is 20.8 Å². The standard InChI is InChI=1S/C22H23O2P.H2O/c1-16-14-17(2)21(18(3)15-16)22(23)25(24,19-10-6-4-7-11-19)20-12-8-5-9-13-20;/h4-15,24-25H,1-3H3;1H2. The number of aryl methyl sites for hydroxylation is 3. The SMILES string of the molecule is Cc1cc(C)c(C(=O)[PH](O)(c2ccccc2)c2ccccc2)c(C)c1.O. The van der Waals surface area contributed by atoms with Crippen molar-refractivity contribution < 1.29 is 15.2 Å². The molecule has 0 aromatic heterocycles. The monoisotopic (exact) mass is 368 g/mol. The van der Waals surface area contributed by atoms with Crippen molar-refractivity contribution in [1.29, 1.82) is 0 Å². The number of hydrogen-bond acceptors (Lipinski definition) is 2. The van der Waals surface area contributed by atoms with Crippen LogP contribution in [0, 0.1) is 20.8 Å². The van der Waals surface area contributed by atoms with E-state index in [1.165, 1.54) is 0 Å². The van der Waals surface area contributed by atoms with E-state index in [1.807, 2.05) is 93.6 Å². The fourth-order valence-electron chi connectivity index (χ4n) is 3.51. The Morgan fingerprint density at radius 1 is 0.769 bits per heavy atom. The van der Waals surface area contributed by atoms with Crippen LogP contribution < -0.4 is 10.6 Å². The Balaban J connectivity index is 0.00000243. The summed E-state index contributed by atoms with van der Waals surface area (Å²) >= 11 is 0. The maximum atomic E-state index is 13.6. The van der Waals surface area contributed by atoms with E-state index in [0.717, 1.165) is 16.7 Å². The number of hydrogen-bond donors (Lipinski definition) is 1. The Labute approximate surface area is 155 Å². The summed E-state index contributed by atoms with van der Waals surface area (Å²) in [4.78, 5) is 25.4. The normalized spacial score (nSPS) is 11.5. The maximum absolute atomic E-state index is 13.6. The molecule has 0 saturated carbocycles. The summed E-state index contributed by atoms with van der Waals surface area (Å²) in [6.07, 6.45) is 0. The van der Waals surface area contributed by atoms with Crippen LogP contribution in [-0.2, 0) is 0 Å². The third-order valence-corrected chi connectivity index (χ3v) is 7.86. The van der Waals surface area contributed by atoms with Crippen LogP contribution in [0.4, 0.5) is 0 Å². The summed E-state index contributed by atoms with van der Waals surface area (Å²) in [5.41, 5.74) is 3.45. The molecule has 0 radical (unpaired) electrons. The molecule has 26 heavy (non-hydrogen) atoms. The van der Waals surface area contributed by atoms with Gasteiger partial charge in [0.25, 0.3) is 0 Å². The first-order valence-corrected chi connectivity index (χ1v) is 10.4. The summed E-state index contributed by atoms with van der Waals surface area (Å²) in [5.74, 6) is 0. The Morgan fingerprint density at radius 3 is 1.54 bits per heavy atom. The zero-order valence-corrected chi connectivity index (χ0v) is 16.3. The first-order valence-electron chi connectivity index (χ1n) is 8.40. The van der Waals surface area contributed by atoms with Crippen LogP contribution in [0.25, 0.3) is 0 Å². The molecule has 3 rings (SSSR count). The zero-order valence-electron chi connectivity index (χ0n) is 15.3. The van der Waals surface area contributed by atoms with Gasteiger partial charge in [-0.2, -0.15) is 0 Å². The first-order chi connectivity index (χ1) is 11.9. The number of benzene rings is 3. The van der Waals surface area contributed by atoms with Gasteiger partial charge in [-0.05, 0) is 0 Å². The van der Waals surface area contributed by atoms with Crippen LogP contribution in [0.15, 0.2) is 72.8 Å². The number of rotatable bonds is 4. The molecule has 0 aliphatic carbocycles. The minimum absolute atomic E-state index is 0. The van der Waals surface area contributed by atoms with E-state index in [9.17, 15) is 9.69 Å². The molecule has 3 nitrogen and oxygen atoms in total. The number of carbonyl (C=O) groups excluding carboxylic acids is 1. The van der Waals surface area contributed by atoms with Gasteiger partial charge in [-0.15, -0.1) is 0 Å². The molecule has 3 aromatic carbocycles. The van der Waals surface area contributed by atoms with Crippen LogP contribution in [0.2, 0.25) is 0 Å². The Hall–Kier alpha value is -2.32. The molecule has 0 unspecified atom stereocenters. The predicted molar refractivity (Wildman–Crippen MR) is 111 cm³/mol. The van der Waals surface area contributed by atoms with Crippen molar-refractivity contribution in [2.75, 3.05) is 0 Å². The summed E-state index contributed by atoms with van der Waals surface area (Å²) in [5, 5.41) is 1.43. The molecule has 0 fully saturated rings. The molecule has 0 aliphatic rings. The van der Waals surface area contributed by atoms with Gasteiger partial charge in [0.2, 0.25) is 0 Å². The second kappa shape index (κ2) is 7.92. The van der Waals surface area contributed by atoms with Crippen molar-refractivity contribution in [3.8, 4) is 0 Å².